The third-order valence-electron chi connectivity index (χ3n) is 12.2. The number of para-hydroxylation sites is 2. The summed E-state index contributed by atoms with van der Waals surface area (Å²) in [7, 11) is 0. The van der Waals surface area contributed by atoms with Crippen LogP contribution >= 0.6 is 11.8 Å². The highest BCUT2D eigenvalue weighted by atomic mass is 35.5. The van der Waals surface area contributed by atoms with Crippen LogP contribution in [-0.4, -0.2) is 73.6 Å². The van der Waals surface area contributed by atoms with Crippen molar-refractivity contribution in [3.05, 3.63) is 128 Å². The van der Waals surface area contributed by atoms with E-state index in [-0.39, 0.29) is 54.4 Å². The lowest BCUT2D eigenvalue weighted by Gasteiger charge is -2.27. The van der Waals surface area contributed by atoms with Crippen molar-refractivity contribution in [1.82, 2.24) is 9.55 Å². The van der Waals surface area contributed by atoms with Crippen LogP contribution in [0.2, 0.25) is 0 Å². The maximum absolute atomic E-state index is 13.3. The van der Waals surface area contributed by atoms with Crippen LogP contribution in [-0.2, 0) is 20.4 Å². The Bertz CT molecular complexity index is 2290. The van der Waals surface area contributed by atoms with Gasteiger partial charge in [-0.1, -0.05) is 76.2 Å². The minimum Gasteiger partial charge on any atom is -1.00 e. The van der Waals surface area contributed by atoms with Gasteiger partial charge < -0.3 is 37.6 Å². The molecule has 0 bridgehead atoms. The summed E-state index contributed by atoms with van der Waals surface area (Å²) in [5.41, 5.74) is 9.57. The summed E-state index contributed by atoms with van der Waals surface area (Å²) < 4.78 is 9.38. The van der Waals surface area contributed by atoms with E-state index in [0.717, 1.165) is 45.2 Å². The Morgan fingerprint density at radius 1 is 1.00 bits per heavy atom. The molecule has 2 aromatic carbocycles. The summed E-state index contributed by atoms with van der Waals surface area (Å²) >= 11 is 1.73. The van der Waals surface area contributed by atoms with Crippen molar-refractivity contribution < 1.29 is 36.7 Å². The van der Waals surface area contributed by atoms with Crippen molar-refractivity contribution in [3.63, 3.8) is 0 Å². The van der Waals surface area contributed by atoms with Crippen LogP contribution in [0, 0.1) is 0 Å². The molecule has 10 nitrogen and oxygen atoms in total. The summed E-state index contributed by atoms with van der Waals surface area (Å²) in [5, 5.41) is 22.4. The molecule has 1 aromatic heterocycles. The van der Waals surface area contributed by atoms with Gasteiger partial charge in [-0.05, 0) is 74.4 Å². The summed E-state index contributed by atoms with van der Waals surface area (Å²) in [4.78, 5) is 34.0. The summed E-state index contributed by atoms with van der Waals surface area (Å²) in [6, 6.07) is 19.1. The fraction of sp³-hybridized carbons (Fsp3) is 0.458. The third-order valence-corrected chi connectivity index (χ3v) is 13.4. The maximum atomic E-state index is 13.3. The molecule has 3 aliphatic heterocycles. The van der Waals surface area contributed by atoms with E-state index in [1.807, 2.05) is 0 Å². The fourth-order valence-corrected chi connectivity index (χ4v) is 10.4. The van der Waals surface area contributed by atoms with Gasteiger partial charge >= 0.3 is 5.69 Å². The predicted octanol–water partition coefficient (Wildman–Crippen LogP) is 5.45. The lowest BCUT2D eigenvalue weighted by molar-refractivity contribution is -0.437. The Morgan fingerprint density at radius 2 is 1.75 bits per heavy atom. The molecule has 0 spiro atoms. The SMILES string of the molecule is CCCN1/C(=C/C=C2\CCCC(/C=C/C3=[N+](CCC)c4ccccc4C3(C)C)=C2SCCC(=O)Nc2ccn([C@H]3C[C@H](O)[C@@H](CO)O3)c(=O)n2)C(C)(C)c2ccccc21.[Cl-]. The second-order valence-corrected chi connectivity index (χ2v) is 18.1. The Labute approximate surface area is 365 Å². The minimum absolute atomic E-state index is 0. The van der Waals surface area contributed by atoms with Gasteiger partial charge in [-0.15, -0.1) is 11.8 Å². The van der Waals surface area contributed by atoms with Crippen LogP contribution in [0.5, 0.6) is 0 Å². The molecule has 320 valence electrons. The molecular formula is C48H60ClN5O5S. The van der Waals surface area contributed by atoms with E-state index in [1.54, 1.807) is 17.8 Å². The number of ether oxygens (including phenoxy) is 1. The van der Waals surface area contributed by atoms with E-state index >= 15 is 0 Å². The first-order valence-corrected chi connectivity index (χ1v) is 22.3. The van der Waals surface area contributed by atoms with Crippen LogP contribution in [0.1, 0.15) is 104 Å². The van der Waals surface area contributed by atoms with Gasteiger partial charge in [0, 0.05) is 77.2 Å². The third kappa shape index (κ3) is 9.02. The number of aliphatic hydroxyl groups excluding tert-OH is 2. The average molecular weight is 855 g/mol. The minimum atomic E-state index is -0.875. The Hall–Kier alpha value is -4.26. The van der Waals surface area contributed by atoms with E-state index in [1.165, 1.54) is 60.7 Å². The Balaban J connectivity index is 0.00000604. The highest BCUT2D eigenvalue weighted by Crippen LogP contribution is 2.48. The first kappa shape index (κ1) is 45.3. The number of fused-ring (bicyclic) bond motifs is 2. The monoisotopic (exact) mass is 853 g/mol. The number of aliphatic hydroxyl groups is 2. The first-order chi connectivity index (χ1) is 28.4. The smallest absolute Gasteiger partial charge is 0.351 e. The number of thioether (sulfide) groups is 1. The molecule has 1 saturated heterocycles. The van der Waals surface area contributed by atoms with Crippen LogP contribution in [0.4, 0.5) is 17.2 Å². The van der Waals surface area contributed by atoms with Crippen molar-refractivity contribution in [2.24, 2.45) is 0 Å². The lowest BCUT2D eigenvalue weighted by Crippen LogP contribution is -3.00. The number of carbonyl (C=O) groups is 1. The molecule has 0 radical (unpaired) electrons. The summed E-state index contributed by atoms with van der Waals surface area (Å²) in [6.45, 7) is 15.3. The van der Waals surface area contributed by atoms with E-state index < -0.39 is 24.1 Å². The van der Waals surface area contributed by atoms with E-state index in [9.17, 15) is 19.8 Å². The number of nitrogens with one attached hydrogen (secondary N) is 1. The molecule has 3 atom stereocenters. The normalized spacial score (nSPS) is 23.1. The number of nitrogens with zero attached hydrogens (tertiary/aromatic N) is 4. The molecule has 7 rings (SSSR count). The van der Waals surface area contributed by atoms with Gasteiger partial charge in [0.2, 0.25) is 11.6 Å². The molecule has 3 aromatic rings. The molecule has 3 N–H and O–H groups in total. The zero-order chi connectivity index (χ0) is 41.9. The van der Waals surface area contributed by atoms with Crippen molar-refractivity contribution in [2.45, 2.75) is 116 Å². The lowest BCUT2D eigenvalue weighted by atomic mass is 9.81. The van der Waals surface area contributed by atoms with Gasteiger partial charge in [0.05, 0.1) is 18.1 Å². The molecule has 1 amide bonds. The second kappa shape index (κ2) is 19.2. The number of benzene rings is 2. The van der Waals surface area contributed by atoms with E-state index in [4.69, 9.17) is 4.74 Å². The number of rotatable bonds is 14. The van der Waals surface area contributed by atoms with E-state index in [0.29, 0.717) is 5.75 Å². The van der Waals surface area contributed by atoms with Gasteiger partial charge in [-0.2, -0.15) is 9.56 Å². The zero-order valence-corrected chi connectivity index (χ0v) is 37.4. The molecule has 0 saturated carbocycles. The molecule has 1 fully saturated rings. The van der Waals surface area contributed by atoms with Crippen molar-refractivity contribution in [3.8, 4) is 0 Å². The number of amides is 1. The summed E-state index contributed by atoms with van der Waals surface area (Å²) in [5.74, 6) is 0.485. The highest BCUT2D eigenvalue weighted by molar-refractivity contribution is 8.03. The quantitative estimate of drug-likeness (QED) is 0.184. The predicted molar refractivity (Wildman–Crippen MR) is 239 cm³/mol. The number of allylic oxidation sites excluding steroid dienone is 7. The van der Waals surface area contributed by atoms with Crippen molar-refractivity contribution in [1.29, 1.82) is 0 Å². The van der Waals surface area contributed by atoms with Gasteiger partial charge in [0.25, 0.3) is 0 Å². The second-order valence-electron chi connectivity index (χ2n) is 17.0. The summed E-state index contributed by atoms with van der Waals surface area (Å²) in [6.07, 6.45) is 13.9. The maximum Gasteiger partial charge on any atom is 0.351 e. The van der Waals surface area contributed by atoms with Gasteiger partial charge in [0.15, 0.2) is 5.71 Å². The zero-order valence-electron chi connectivity index (χ0n) is 35.8. The molecule has 4 aliphatic rings. The first-order valence-electron chi connectivity index (χ1n) is 21.3. The molecule has 1 aliphatic carbocycles. The van der Waals surface area contributed by atoms with Gasteiger partial charge in [-0.3, -0.25) is 9.36 Å². The van der Waals surface area contributed by atoms with Crippen LogP contribution in [0.25, 0.3) is 0 Å². The Kier molecular flexibility index (Phi) is 14.5. The molecule has 0 unspecified atom stereocenters. The van der Waals surface area contributed by atoms with Crippen molar-refractivity contribution >= 4 is 40.6 Å². The molecular weight excluding hydrogens is 794 g/mol. The van der Waals surface area contributed by atoms with Gasteiger partial charge in [0.1, 0.15) is 24.7 Å². The molecule has 12 heteroatoms. The topological polar surface area (TPSA) is 120 Å². The van der Waals surface area contributed by atoms with Crippen LogP contribution in [0.3, 0.4) is 0 Å². The number of hydrogen-bond acceptors (Lipinski definition) is 8. The number of halogens is 1. The molecule has 60 heavy (non-hydrogen) atoms. The van der Waals surface area contributed by atoms with Gasteiger partial charge in [-0.25, -0.2) is 4.79 Å². The fourth-order valence-electron chi connectivity index (χ4n) is 9.18. The standard InChI is InChI=1S/C48H59N5O5S.ClH/c1-7-26-51-36-18-11-9-16-34(36)47(3,4)40(51)22-20-32-14-13-15-33(21-23-41-48(5,6)35-17-10-12-19-37(35)52(41)27-8-2)45(32)59-29-25-43(56)49-42-24-28-53(46(57)50-42)44-30-38(55)39(31-54)58-44;/h9-12,16-24,28,38-39,44,54-55H,7-8,13-15,25-27,29-31H2,1-6H3;1H/t38-,39+,44+;/m0./s1. The van der Waals surface area contributed by atoms with Crippen LogP contribution in [0.15, 0.2) is 112 Å². The van der Waals surface area contributed by atoms with E-state index in [2.05, 4.69) is 134 Å². The molecule has 4 heterocycles. The Morgan fingerprint density at radius 3 is 2.47 bits per heavy atom. The number of anilines is 2. The number of hydrogen-bond donors (Lipinski definition) is 3. The number of aromatic nitrogens is 2. The average Bonchev–Trinajstić information content (AvgIpc) is 3.77. The largest absolute Gasteiger partial charge is 1.00 e. The number of carbonyl (C=O) groups excluding carboxylic acids is 1. The highest BCUT2D eigenvalue weighted by Gasteiger charge is 2.44. The van der Waals surface area contributed by atoms with Crippen molar-refractivity contribution in [2.75, 3.05) is 35.7 Å². The van der Waals surface area contributed by atoms with Crippen LogP contribution < -0.4 is 28.3 Å².